The van der Waals surface area contributed by atoms with Crippen molar-refractivity contribution in [2.24, 2.45) is 4.99 Å². The second-order valence-electron chi connectivity index (χ2n) is 9.39. The van der Waals surface area contributed by atoms with Crippen molar-refractivity contribution in [2.75, 3.05) is 72.0 Å². The van der Waals surface area contributed by atoms with Gasteiger partial charge in [0.05, 0.1) is 37.0 Å². The SMILES string of the molecule is O=C(O)CN1CCN(CC(=O)O)CCN(CC(=O)O)C(CCc2ccc(N=C=S)cc2)CN(CC(=O)O)CC1. The molecule has 0 spiro atoms. The molecule has 0 aromatic heterocycles. The van der Waals surface area contributed by atoms with E-state index < -0.39 is 23.9 Å². The van der Waals surface area contributed by atoms with E-state index in [2.05, 4.69) is 22.4 Å². The normalized spacial score (nSPS) is 18.8. The molecular formula is C25H35N5O8S. The highest BCUT2D eigenvalue weighted by Crippen LogP contribution is 2.17. The number of thiocarbonyl (C=S) groups is 1. The quantitative estimate of drug-likeness (QED) is 0.201. The van der Waals surface area contributed by atoms with Crippen LogP contribution in [0.3, 0.4) is 0 Å². The summed E-state index contributed by atoms with van der Waals surface area (Å²) in [6.45, 7) is 0.668. The molecule has 1 aromatic carbocycles. The van der Waals surface area contributed by atoms with Crippen molar-refractivity contribution in [3.63, 3.8) is 0 Å². The van der Waals surface area contributed by atoms with Crippen LogP contribution in [0, 0.1) is 0 Å². The summed E-state index contributed by atoms with van der Waals surface area (Å²) in [4.78, 5) is 57.0. The summed E-state index contributed by atoms with van der Waals surface area (Å²) in [6, 6.07) is 6.99. The predicted octanol–water partition coefficient (Wildman–Crippen LogP) is 0.282. The minimum atomic E-state index is -1.04. The van der Waals surface area contributed by atoms with Crippen molar-refractivity contribution in [3.05, 3.63) is 29.8 Å². The number of rotatable bonds is 12. The van der Waals surface area contributed by atoms with Gasteiger partial charge in [-0.25, -0.2) is 0 Å². The molecule has 4 N–H and O–H groups in total. The van der Waals surface area contributed by atoms with E-state index in [4.69, 9.17) is 0 Å². The Morgan fingerprint density at radius 3 is 1.69 bits per heavy atom. The van der Waals surface area contributed by atoms with Gasteiger partial charge in [-0.1, -0.05) is 12.1 Å². The lowest BCUT2D eigenvalue weighted by molar-refractivity contribution is -0.142. The zero-order valence-corrected chi connectivity index (χ0v) is 22.5. The average Bonchev–Trinajstić information content (AvgIpc) is 2.84. The van der Waals surface area contributed by atoms with Gasteiger partial charge < -0.3 is 20.4 Å². The van der Waals surface area contributed by atoms with E-state index in [0.717, 1.165) is 5.56 Å². The average molecular weight is 566 g/mol. The number of benzene rings is 1. The zero-order chi connectivity index (χ0) is 28.8. The second kappa shape index (κ2) is 16.6. The third kappa shape index (κ3) is 12.9. The number of aliphatic imine (C=N–C) groups is 1. The van der Waals surface area contributed by atoms with Gasteiger partial charge in [0.15, 0.2) is 0 Å². The highest BCUT2D eigenvalue weighted by molar-refractivity contribution is 7.78. The summed E-state index contributed by atoms with van der Waals surface area (Å²) >= 11 is 4.63. The van der Waals surface area contributed by atoms with Gasteiger partial charge in [0.25, 0.3) is 0 Å². The molecule has 0 bridgehead atoms. The van der Waals surface area contributed by atoms with Gasteiger partial charge in [0.1, 0.15) is 0 Å². The summed E-state index contributed by atoms with van der Waals surface area (Å²) in [7, 11) is 0. The number of hydrogen-bond donors (Lipinski definition) is 4. The number of carbonyl (C=O) groups is 4. The maximum Gasteiger partial charge on any atom is 0.317 e. The number of isothiocyanates is 1. The second-order valence-corrected chi connectivity index (χ2v) is 9.58. The summed E-state index contributed by atoms with van der Waals surface area (Å²) < 4.78 is 0. The van der Waals surface area contributed by atoms with Gasteiger partial charge in [0.2, 0.25) is 0 Å². The molecule has 13 nitrogen and oxygen atoms in total. The van der Waals surface area contributed by atoms with Crippen LogP contribution in [0.15, 0.2) is 29.3 Å². The topological polar surface area (TPSA) is 175 Å². The molecule has 39 heavy (non-hydrogen) atoms. The van der Waals surface area contributed by atoms with Gasteiger partial charge in [0, 0.05) is 51.9 Å². The van der Waals surface area contributed by atoms with Crippen LogP contribution in [0.1, 0.15) is 12.0 Å². The van der Waals surface area contributed by atoms with Crippen molar-refractivity contribution < 1.29 is 39.6 Å². The molecule has 2 rings (SSSR count). The molecule has 0 amide bonds. The lowest BCUT2D eigenvalue weighted by Crippen LogP contribution is -2.53. The number of carboxylic acids is 4. The first-order valence-electron chi connectivity index (χ1n) is 12.5. The van der Waals surface area contributed by atoms with Crippen molar-refractivity contribution in [1.82, 2.24) is 19.6 Å². The molecule has 1 fully saturated rings. The Balaban J connectivity index is 2.34. The molecule has 1 unspecified atom stereocenters. The van der Waals surface area contributed by atoms with Crippen LogP contribution >= 0.6 is 12.2 Å². The van der Waals surface area contributed by atoms with E-state index in [1.165, 1.54) is 0 Å². The van der Waals surface area contributed by atoms with Gasteiger partial charge in [-0.3, -0.25) is 38.8 Å². The highest BCUT2D eigenvalue weighted by atomic mass is 32.1. The maximum atomic E-state index is 11.8. The molecule has 14 heteroatoms. The summed E-state index contributed by atoms with van der Waals surface area (Å²) in [5.74, 6) is -4.17. The fraction of sp³-hybridized carbons (Fsp3) is 0.560. The first kappa shape index (κ1) is 32.0. The number of aryl methyl sites for hydroxylation is 1. The van der Waals surface area contributed by atoms with Crippen molar-refractivity contribution >= 4 is 46.9 Å². The van der Waals surface area contributed by atoms with Crippen LogP contribution in [0.25, 0.3) is 0 Å². The van der Waals surface area contributed by atoms with Crippen LogP contribution in [0.5, 0.6) is 0 Å². The fourth-order valence-electron chi connectivity index (χ4n) is 4.56. The third-order valence-corrected chi connectivity index (χ3v) is 6.54. The minimum Gasteiger partial charge on any atom is -0.480 e. The molecule has 0 saturated carbocycles. The molecule has 1 saturated heterocycles. The molecule has 1 aromatic rings. The largest absolute Gasteiger partial charge is 0.480 e. The number of carboxylic acid groups (broad SMARTS) is 4. The Labute approximate surface area is 231 Å². The van der Waals surface area contributed by atoms with Crippen LogP contribution in [-0.2, 0) is 25.6 Å². The molecule has 1 aliphatic heterocycles. The highest BCUT2D eigenvalue weighted by Gasteiger charge is 2.27. The summed E-state index contributed by atoms with van der Waals surface area (Å²) in [5, 5.41) is 40.2. The first-order valence-corrected chi connectivity index (χ1v) is 12.9. The van der Waals surface area contributed by atoms with Gasteiger partial charge in [-0.2, -0.15) is 4.99 Å². The smallest absolute Gasteiger partial charge is 0.317 e. The van der Waals surface area contributed by atoms with E-state index in [1.54, 1.807) is 31.7 Å². The Morgan fingerprint density at radius 1 is 0.744 bits per heavy atom. The lowest BCUT2D eigenvalue weighted by Gasteiger charge is -2.37. The Kier molecular flexibility index (Phi) is 13.6. The van der Waals surface area contributed by atoms with Crippen molar-refractivity contribution in [2.45, 2.75) is 18.9 Å². The predicted molar refractivity (Wildman–Crippen MR) is 145 cm³/mol. The molecule has 0 radical (unpaired) electrons. The fourth-order valence-corrected chi connectivity index (χ4v) is 4.66. The standard InChI is InChI=1S/C25H35N5O8S/c31-22(32)14-27-7-8-28(15-23(33)34)11-12-30(17-25(37)38)21(13-29(10-9-27)16-24(35)36)6-3-19-1-4-20(5-2-19)26-18-39/h1-2,4-5,21H,3,6-17H2,(H,31,32)(H,33,34)(H,35,36)(H,37,38). The Bertz CT molecular complexity index is 1030. The zero-order valence-electron chi connectivity index (χ0n) is 21.6. The number of hydrogen-bond acceptors (Lipinski definition) is 10. The molecule has 1 heterocycles. The van der Waals surface area contributed by atoms with E-state index in [0.29, 0.717) is 18.5 Å². The van der Waals surface area contributed by atoms with Crippen LogP contribution in [-0.4, -0.2) is 147 Å². The number of aliphatic carboxylic acids is 4. The molecule has 214 valence electrons. The van der Waals surface area contributed by atoms with E-state index in [9.17, 15) is 39.6 Å². The van der Waals surface area contributed by atoms with Crippen LogP contribution < -0.4 is 0 Å². The third-order valence-electron chi connectivity index (χ3n) is 6.45. The molecule has 1 atom stereocenters. The molecular weight excluding hydrogens is 530 g/mol. The minimum absolute atomic E-state index is 0.242. The van der Waals surface area contributed by atoms with E-state index in [1.807, 2.05) is 12.1 Å². The van der Waals surface area contributed by atoms with Gasteiger partial charge in [-0.15, -0.1) is 0 Å². The van der Waals surface area contributed by atoms with E-state index in [-0.39, 0.29) is 78.0 Å². The van der Waals surface area contributed by atoms with Crippen LogP contribution in [0.4, 0.5) is 5.69 Å². The van der Waals surface area contributed by atoms with Gasteiger partial charge in [-0.05, 0) is 42.8 Å². The molecule has 1 aliphatic rings. The van der Waals surface area contributed by atoms with Crippen molar-refractivity contribution in [1.29, 1.82) is 0 Å². The van der Waals surface area contributed by atoms with Crippen molar-refractivity contribution in [3.8, 4) is 0 Å². The Morgan fingerprint density at radius 2 is 1.21 bits per heavy atom. The first-order chi connectivity index (χ1) is 18.5. The maximum absolute atomic E-state index is 11.8. The van der Waals surface area contributed by atoms with E-state index >= 15 is 0 Å². The summed E-state index contributed by atoms with van der Waals surface area (Å²) in [5.41, 5.74) is 1.63. The lowest BCUT2D eigenvalue weighted by atomic mass is 10.0. The molecule has 0 aliphatic carbocycles. The number of nitrogens with zero attached hydrogens (tertiary/aromatic N) is 5. The van der Waals surface area contributed by atoms with Crippen LogP contribution in [0.2, 0.25) is 0 Å². The Hall–Kier alpha value is -3.26. The summed E-state index contributed by atoms with van der Waals surface area (Å²) in [6.07, 6.45) is 1.09. The van der Waals surface area contributed by atoms with Gasteiger partial charge >= 0.3 is 23.9 Å². The monoisotopic (exact) mass is 565 g/mol.